The summed E-state index contributed by atoms with van der Waals surface area (Å²) in [4.78, 5) is 6.84. The zero-order valence-corrected chi connectivity index (χ0v) is 15.3. The average Bonchev–Trinajstić information content (AvgIpc) is 3.15. The predicted molar refractivity (Wildman–Crippen MR) is 104 cm³/mol. The highest BCUT2D eigenvalue weighted by molar-refractivity contribution is 7.14. The highest BCUT2D eigenvalue weighted by Gasteiger charge is 2.20. The molecule has 3 rings (SSSR count). The van der Waals surface area contributed by atoms with Crippen LogP contribution in [0.1, 0.15) is 24.0 Å². The SMILES string of the molecule is CN=C(NCc1ccc(C)cc1)NC1CCN(c2cccs2)CC1. The van der Waals surface area contributed by atoms with Gasteiger partial charge in [-0.3, -0.25) is 4.99 Å². The van der Waals surface area contributed by atoms with Crippen LogP contribution in [0.4, 0.5) is 5.00 Å². The summed E-state index contributed by atoms with van der Waals surface area (Å²) in [6.45, 7) is 5.12. The third kappa shape index (κ3) is 4.51. The van der Waals surface area contributed by atoms with Crippen molar-refractivity contribution < 1.29 is 0 Å². The van der Waals surface area contributed by atoms with E-state index >= 15 is 0 Å². The zero-order chi connectivity index (χ0) is 16.8. The predicted octanol–water partition coefficient (Wildman–Crippen LogP) is 3.39. The Kier molecular flexibility index (Phi) is 5.75. The summed E-state index contributed by atoms with van der Waals surface area (Å²) in [5.74, 6) is 0.894. The standard InChI is InChI=1S/C19H26N4S/c1-15-5-7-16(8-6-15)14-21-19(20-2)22-17-9-11-23(12-10-17)18-4-3-13-24-18/h3-8,13,17H,9-12,14H2,1-2H3,(H2,20,21,22). The van der Waals surface area contributed by atoms with Crippen molar-refractivity contribution >= 4 is 22.3 Å². The van der Waals surface area contributed by atoms with Crippen molar-refractivity contribution in [1.29, 1.82) is 0 Å². The first-order valence-corrected chi connectivity index (χ1v) is 9.44. The Morgan fingerprint density at radius 1 is 1.21 bits per heavy atom. The molecular formula is C19H26N4S. The van der Waals surface area contributed by atoms with Gasteiger partial charge >= 0.3 is 0 Å². The molecule has 0 bridgehead atoms. The first-order valence-electron chi connectivity index (χ1n) is 8.56. The van der Waals surface area contributed by atoms with Crippen LogP contribution in [0.15, 0.2) is 46.8 Å². The van der Waals surface area contributed by atoms with E-state index in [2.05, 4.69) is 69.2 Å². The summed E-state index contributed by atoms with van der Waals surface area (Å²) in [6.07, 6.45) is 2.28. The number of piperidine rings is 1. The molecule has 4 nitrogen and oxygen atoms in total. The van der Waals surface area contributed by atoms with Crippen molar-refractivity contribution in [2.24, 2.45) is 4.99 Å². The molecule has 1 aliphatic rings. The van der Waals surface area contributed by atoms with Crippen molar-refractivity contribution in [3.05, 3.63) is 52.9 Å². The molecule has 2 aromatic rings. The van der Waals surface area contributed by atoms with Crippen molar-refractivity contribution in [3.8, 4) is 0 Å². The molecule has 1 aliphatic heterocycles. The van der Waals surface area contributed by atoms with E-state index in [0.717, 1.165) is 38.4 Å². The molecule has 0 aliphatic carbocycles. The molecular weight excluding hydrogens is 316 g/mol. The van der Waals surface area contributed by atoms with Gasteiger partial charge in [-0.1, -0.05) is 29.8 Å². The fourth-order valence-electron chi connectivity index (χ4n) is 2.97. The molecule has 0 atom stereocenters. The van der Waals surface area contributed by atoms with E-state index in [4.69, 9.17) is 0 Å². The highest BCUT2D eigenvalue weighted by atomic mass is 32.1. The number of nitrogens with zero attached hydrogens (tertiary/aromatic N) is 2. The Hall–Kier alpha value is -2.01. The van der Waals surface area contributed by atoms with Crippen LogP contribution in [-0.4, -0.2) is 32.1 Å². The van der Waals surface area contributed by atoms with Crippen molar-refractivity contribution in [3.63, 3.8) is 0 Å². The van der Waals surface area contributed by atoms with Gasteiger partial charge in [-0.15, -0.1) is 11.3 Å². The largest absolute Gasteiger partial charge is 0.363 e. The highest BCUT2D eigenvalue weighted by Crippen LogP contribution is 2.24. The fourth-order valence-corrected chi connectivity index (χ4v) is 3.76. The summed E-state index contributed by atoms with van der Waals surface area (Å²) in [6, 6.07) is 13.4. The third-order valence-corrected chi connectivity index (χ3v) is 5.39. The number of hydrogen-bond donors (Lipinski definition) is 2. The number of aryl methyl sites for hydroxylation is 1. The number of benzene rings is 1. The molecule has 1 saturated heterocycles. The number of thiophene rings is 1. The molecule has 1 fully saturated rings. The number of nitrogens with one attached hydrogen (secondary N) is 2. The van der Waals surface area contributed by atoms with Crippen LogP contribution in [0.5, 0.6) is 0 Å². The van der Waals surface area contributed by atoms with Crippen LogP contribution in [-0.2, 0) is 6.54 Å². The number of hydrogen-bond acceptors (Lipinski definition) is 3. The van der Waals surface area contributed by atoms with E-state index in [-0.39, 0.29) is 0 Å². The van der Waals surface area contributed by atoms with Gasteiger partial charge in [0.1, 0.15) is 0 Å². The molecule has 0 spiro atoms. The van der Waals surface area contributed by atoms with Gasteiger partial charge in [0.15, 0.2) is 5.96 Å². The smallest absolute Gasteiger partial charge is 0.191 e. The lowest BCUT2D eigenvalue weighted by Crippen LogP contribution is -2.48. The number of aliphatic imine (C=N–C) groups is 1. The number of anilines is 1. The lowest BCUT2D eigenvalue weighted by molar-refractivity contribution is 0.463. The summed E-state index contributed by atoms with van der Waals surface area (Å²) in [7, 11) is 1.84. The first-order chi connectivity index (χ1) is 11.7. The van der Waals surface area contributed by atoms with E-state index in [0.29, 0.717) is 6.04 Å². The minimum atomic E-state index is 0.491. The van der Waals surface area contributed by atoms with E-state index in [1.54, 1.807) is 0 Å². The second-order valence-electron chi connectivity index (χ2n) is 6.27. The fraction of sp³-hybridized carbons (Fsp3) is 0.421. The van der Waals surface area contributed by atoms with Crippen LogP contribution >= 0.6 is 11.3 Å². The molecule has 128 valence electrons. The maximum atomic E-state index is 4.37. The van der Waals surface area contributed by atoms with Gasteiger partial charge in [0, 0.05) is 32.7 Å². The van der Waals surface area contributed by atoms with Crippen LogP contribution in [0.2, 0.25) is 0 Å². The van der Waals surface area contributed by atoms with Crippen molar-refractivity contribution in [2.45, 2.75) is 32.4 Å². The topological polar surface area (TPSA) is 39.7 Å². The van der Waals surface area contributed by atoms with Gasteiger partial charge in [0.2, 0.25) is 0 Å². The van der Waals surface area contributed by atoms with E-state index < -0.39 is 0 Å². The maximum absolute atomic E-state index is 4.37. The molecule has 1 aromatic heterocycles. The quantitative estimate of drug-likeness (QED) is 0.661. The Morgan fingerprint density at radius 2 is 1.96 bits per heavy atom. The summed E-state index contributed by atoms with van der Waals surface area (Å²) < 4.78 is 0. The van der Waals surface area contributed by atoms with Gasteiger partial charge in [0.25, 0.3) is 0 Å². The van der Waals surface area contributed by atoms with E-state index in [1.165, 1.54) is 16.1 Å². The van der Waals surface area contributed by atoms with Gasteiger partial charge in [-0.25, -0.2) is 0 Å². The lowest BCUT2D eigenvalue weighted by atomic mass is 10.1. The molecule has 2 heterocycles. The summed E-state index contributed by atoms with van der Waals surface area (Å²) >= 11 is 1.83. The summed E-state index contributed by atoms with van der Waals surface area (Å²) in [5, 5.41) is 10.5. The summed E-state index contributed by atoms with van der Waals surface area (Å²) in [5.41, 5.74) is 2.56. The van der Waals surface area contributed by atoms with Gasteiger partial charge in [0.05, 0.1) is 5.00 Å². The lowest BCUT2D eigenvalue weighted by Gasteiger charge is -2.33. The van der Waals surface area contributed by atoms with E-state index in [9.17, 15) is 0 Å². The van der Waals surface area contributed by atoms with Crippen LogP contribution in [0.25, 0.3) is 0 Å². The molecule has 0 radical (unpaired) electrons. The zero-order valence-electron chi connectivity index (χ0n) is 14.5. The monoisotopic (exact) mass is 342 g/mol. The minimum absolute atomic E-state index is 0.491. The molecule has 1 aromatic carbocycles. The van der Waals surface area contributed by atoms with E-state index in [1.807, 2.05) is 18.4 Å². The normalized spacial score (nSPS) is 16.2. The van der Waals surface area contributed by atoms with Crippen LogP contribution < -0.4 is 15.5 Å². The Balaban J connectivity index is 1.45. The first kappa shape index (κ1) is 16.8. The second-order valence-corrected chi connectivity index (χ2v) is 7.19. The molecule has 0 saturated carbocycles. The third-order valence-electron chi connectivity index (χ3n) is 4.46. The van der Waals surface area contributed by atoms with Gasteiger partial charge < -0.3 is 15.5 Å². The van der Waals surface area contributed by atoms with Crippen molar-refractivity contribution in [1.82, 2.24) is 10.6 Å². The Bertz CT molecular complexity index is 641. The number of rotatable bonds is 4. The molecule has 24 heavy (non-hydrogen) atoms. The molecule has 0 amide bonds. The minimum Gasteiger partial charge on any atom is -0.363 e. The Morgan fingerprint density at radius 3 is 2.58 bits per heavy atom. The van der Waals surface area contributed by atoms with Crippen LogP contribution in [0, 0.1) is 6.92 Å². The molecule has 0 unspecified atom stereocenters. The average molecular weight is 343 g/mol. The Labute approximate surface area is 148 Å². The molecule has 5 heteroatoms. The van der Waals surface area contributed by atoms with Crippen LogP contribution in [0.3, 0.4) is 0 Å². The molecule has 2 N–H and O–H groups in total. The number of guanidine groups is 1. The van der Waals surface area contributed by atoms with Crippen molar-refractivity contribution in [2.75, 3.05) is 25.0 Å². The maximum Gasteiger partial charge on any atom is 0.191 e. The second kappa shape index (κ2) is 8.20. The van der Waals surface area contributed by atoms with Gasteiger partial charge in [-0.05, 0) is 42.8 Å². The van der Waals surface area contributed by atoms with Gasteiger partial charge in [-0.2, -0.15) is 0 Å².